The first kappa shape index (κ1) is 21.6. The third-order valence-electron chi connectivity index (χ3n) is 5.12. The van der Waals surface area contributed by atoms with Crippen molar-refractivity contribution in [3.8, 4) is 5.69 Å². The number of nitrogens with two attached hydrogens (primary N) is 1. The van der Waals surface area contributed by atoms with Gasteiger partial charge in [0.05, 0.1) is 11.4 Å². The average Bonchev–Trinajstić information content (AvgIpc) is 3.14. The molecule has 0 aliphatic carbocycles. The van der Waals surface area contributed by atoms with Crippen LogP contribution in [0.1, 0.15) is 22.5 Å². The molecule has 0 saturated heterocycles. The van der Waals surface area contributed by atoms with Crippen molar-refractivity contribution in [2.45, 2.75) is 25.4 Å². The molecule has 7 nitrogen and oxygen atoms in total. The molecule has 3 aromatic carbocycles. The second kappa shape index (κ2) is 9.23. The van der Waals surface area contributed by atoms with Gasteiger partial charge >= 0.3 is 6.03 Å². The van der Waals surface area contributed by atoms with E-state index in [2.05, 4.69) is 45.8 Å². The van der Waals surface area contributed by atoms with Gasteiger partial charge in [0.15, 0.2) is 5.16 Å². The van der Waals surface area contributed by atoms with E-state index in [0.717, 1.165) is 28.2 Å². The maximum Gasteiger partial charge on any atom is 0.318 e. The van der Waals surface area contributed by atoms with E-state index < -0.39 is 11.9 Å². The Hall–Kier alpha value is -3.65. The topological polar surface area (TPSA) is 103 Å². The Morgan fingerprint density at radius 1 is 1.03 bits per heavy atom. The molecule has 0 aliphatic rings. The van der Waals surface area contributed by atoms with Crippen molar-refractivity contribution in [2.75, 3.05) is 5.75 Å². The van der Waals surface area contributed by atoms with Crippen LogP contribution in [0.5, 0.6) is 0 Å². The molecule has 4 aromatic rings. The fourth-order valence-corrected chi connectivity index (χ4v) is 4.49. The largest absolute Gasteiger partial charge is 0.351 e. The van der Waals surface area contributed by atoms with Crippen molar-refractivity contribution in [2.24, 2.45) is 5.73 Å². The van der Waals surface area contributed by atoms with Gasteiger partial charge in [-0.15, -0.1) is 10.2 Å². The molecule has 0 saturated carbocycles. The van der Waals surface area contributed by atoms with E-state index >= 15 is 0 Å². The Morgan fingerprint density at radius 3 is 2.59 bits per heavy atom. The van der Waals surface area contributed by atoms with Gasteiger partial charge in [0.1, 0.15) is 5.82 Å². The van der Waals surface area contributed by atoms with E-state index in [1.165, 1.54) is 22.5 Å². The number of aromatic nitrogens is 3. The molecule has 3 N–H and O–H groups in total. The number of fused-ring (bicyclic) bond motifs is 1. The molecule has 162 valence electrons. The molecule has 0 radical (unpaired) electrons. The zero-order chi connectivity index (χ0) is 22.7. The highest BCUT2D eigenvalue weighted by molar-refractivity contribution is 7.99. The molecule has 0 spiro atoms. The molecule has 0 atom stereocenters. The minimum atomic E-state index is -0.872. The van der Waals surface area contributed by atoms with Crippen LogP contribution in [0.15, 0.2) is 65.8 Å². The van der Waals surface area contributed by atoms with Crippen LogP contribution in [-0.2, 0) is 11.2 Å². The highest BCUT2D eigenvalue weighted by atomic mass is 32.2. The van der Waals surface area contributed by atoms with E-state index in [1.807, 2.05) is 48.7 Å². The van der Waals surface area contributed by atoms with Crippen LogP contribution >= 0.6 is 11.8 Å². The molecule has 0 aliphatic heterocycles. The molecular weight excluding hydrogens is 422 g/mol. The summed E-state index contributed by atoms with van der Waals surface area (Å²) in [6.45, 7) is 4.09. The van der Waals surface area contributed by atoms with Gasteiger partial charge in [-0.1, -0.05) is 71.9 Å². The molecule has 1 heterocycles. The SMILES string of the molecule is Cc1ccc(-n2c(Cc3cccc4ccccc34)nnc2SCC(=O)NC(N)=O)c(C)c1. The average molecular weight is 446 g/mol. The molecule has 1 aromatic heterocycles. The lowest BCUT2D eigenvalue weighted by Gasteiger charge is -2.14. The van der Waals surface area contributed by atoms with E-state index in [1.54, 1.807) is 0 Å². The number of aryl methyl sites for hydroxylation is 2. The Labute approximate surface area is 190 Å². The number of amides is 3. The number of rotatable bonds is 6. The summed E-state index contributed by atoms with van der Waals surface area (Å²) < 4.78 is 1.98. The standard InChI is InChI=1S/C24H23N5O2S/c1-15-10-11-20(16(2)12-15)29-21(27-28-24(29)32-14-22(30)26-23(25)31)13-18-8-5-7-17-6-3-4-9-19(17)18/h3-12H,13-14H2,1-2H3,(H3,25,26,30,31). The van der Waals surface area contributed by atoms with Gasteiger partial charge in [-0.2, -0.15) is 0 Å². The van der Waals surface area contributed by atoms with Gasteiger partial charge < -0.3 is 5.73 Å². The second-order valence-corrected chi connectivity index (χ2v) is 8.48. The van der Waals surface area contributed by atoms with Gasteiger partial charge in [-0.25, -0.2) is 4.79 Å². The summed E-state index contributed by atoms with van der Waals surface area (Å²) in [4.78, 5) is 22.9. The molecule has 0 fully saturated rings. The summed E-state index contributed by atoms with van der Waals surface area (Å²) in [5.41, 5.74) is 9.37. The number of thioether (sulfide) groups is 1. The van der Waals surface area contributed by atoms with Crippen molar-refractivity contribution in [1.29, 1.82) is 0 Å². The van der Waals surface area contributed by atoms with Gasteiger partial charge in [0, 0.05) is 6.42 Å². The van der Waals surface area contributed by atoms with Crippen LogP contribution in [0.3, 0.4) is 0 Å². The summed E-state index contributed by atoms with van der Waals surface area (Å²) in [6.07, 6.45) is 0.579. The molecule has 4 rings (SSSR count). The van der Waals surface area contributed by atoms with Crippen LogP contribution in [0.4, 0.5) is 4.79 Å². The fourth-order valence-electron chi connectivity index (χ4n) is 3.73. The number of hydrogen-bond acceptors (Lipinski definition) is 5. The van der Waals surface area contributed by atoms with Crippen molar-refractivity contribution in [1.82, 2.24) is 20.1 Å². The number of carbonyl (C=O) groups is 2. The highest BCUT2D eigenvalue weighted by Crippen LogP contribution is 2.28. The van der Waals surface area contributed by atoms with Gasteiger partial charge in [0.2, 0.25) is 5.91 Å². The van der Waals surface area contributed by atoms with Crippen LogP contribution in [0.25, 0.3) is 16.5 Å². The first-order chi connectivity index (χ1) is 15.4. The molecule has 0 bridgehead atoms. The monoisotopic (exact) mass is 445 g/mol. The van der Waals surface area contributed by atoms with Gasteiger partial charge in [-0.05, 0) is 41.8 Å². The maximum atomic E-state index is 11.9. The van der Waals surface area contributed by atoms with Crippen molar-refractivity contribution >= 4 is 34.5 Å². The quantitative estimate of drug-likeness (QED) is 0.438. The number of urea groups is 1. The minimum Gasteiger partial charge on any atom is -0.351 e. The number of hydrogen-bond donors (Lipinski definition) is 2. The lowest BCUT2D eigenvalue weighted by molar-refractivity contribution is -0.117. The first-order valence-electron chi connectivity index (χ1n) is 10.1. The summed E-state index contributed by atoms with van der Waals surface area (Å²) in [5.74, 6) is 0.291. The van der Waals surface area contributed by atoms with E-state index in [9.17, 15) is 9.59 Å². The van der Waals surface area contributed by atoms with Crippen LogP contribution in [-0.4, -0.2) is 32.5 Å². The Bertz CT molecular complexity index is 1310. The minimum absolute atomic E-state index is 0.000248. The Morgan fingerprint density at radius 2 is 1.81 bits per heavy atom. The molecule has 3 amide bonds. The van der Waals surface area contributed by atoms with Crippen LogP contribution in [0, 0.1) is 13.8 Å². The van der Waals surface area contributed by atoms with Crippen molar-refractivity contribution in [3.05, 3.63) is 83.2 Å². The molecule has 8 heteroatoms. The number of imide groups is 1. The number of nitrogens with zero attached hydrogens (tertiary/aromatic N) is 3. The second-order valence-electron chi connectivity index (χ2n) is 7.54. The zero-order valence-corrected chi connectivity index (χ0v) is 18.6. The van der Waals surface area contributed by atoms with E-state index in [-0.39, 0.29) is 5.75 Å². The Kier molecular flexibility index (Phi) is 6.23. The van der Waals surface area contributed by atoms with Crippen molar-refractivity contribution in [3.63, 3.8) is 0 Å². The fraction of sp³-hybridized carbons (Fsp3) is 0.167. The third kappa shape index (κ3) is 4.65. The molecule has 32 heavy (non-hydrogen) atoms. The van der Waals surface area contributed by atoms with Gasteiger partial charge in [-0.3, -0.25) is 14.7 Å². The number of nitrogens with one attached hydrogen (secondary N) is 1. The Balaban J connectivity index is 1.74. The van der Waals surface area contributed by atoms with Crippen LogP contribution < -0.4 is 11.1 Å². The molecular formula is C24H23N5O2S. The summed E-state index contributed by atoms with van der Waals surface area (Å²) >= 11 is 1.21. The smallest absolute Gasteiger partial charge is 0.318 e. The predicted octanol–water partition coefficient (Wildman–Crippen LogP) is 3.92. The van der Waals surface area contributed by atoms with E-state index in [0.29, 0.717) is 11.6 Å². The third-order valence-corrected chi connectivity index (χ3v) is 6.05. The van der Waals surface area contributed by atoms with Crippen LogP contribution in [0.2, 0.25) is 0 Å². The normalized spacial score (nSPS) is 10.9. The zero-order valence-electron chi connectivity index (χ0n) is 17.8. The number of benzene rings is 3. The number of carbonyl (C=O) groups excluding carboxylic acids is 2. The predicted molar refractivity (Wildman–Crippen MR) is 126 cm³/mol. The first-order valence-corrected chi connectivity index (χ1v) is 11.1. The van der Waals surface area contributed by atoms with Gasteiger partial charge in [0.25, 0.3) is 0 Å². The highest BCUT2D eigenvalue weighted by Gasteiger charge is 2.18. The maximum absolute atomic E-state index is 11.9. The lowest BCUT2D eigenvalue weighted by Crippen LogP contribution is -2.36. The summed E-state index contributed by atoms with van der Waals surface area (Å²) in [7, 11) is 0. The lowest BCUT2D eigenvalue weighted by atomic mass is 10.0. The molecule has 0 unspecified atom stereocenters. The van der Waals surface area contributed by atoms with E-state index in [4.69, 9.17) is 5.73 Å². The summed E-state index contributed by atoms with van der Waals surface area (Å²) in [5, 5.41) is 13.8. The number of primary amides is 1. The van der Waals surface area contributed by atoms with Crippen molar-refractivity contribution < 1.29 is 9.59 Å². The summed E-state index contributed by atoms with van der Waals surface area (Å²) in [6, 6.07) is 19.8.